The number of hydrogen-bond donors (Lipinski definition) is 0. The van der Waals surface area contributed by atoms with Crippen LogP contribution in [-0.4, -0.2) is 45.5 Å². The number of nitrogens with zero attached hydrogens (tertiary/aromatic N) is 8. The first kappa shape index (κ1) is 14.5. The van der Waals surface area contributed by atoms with Crippen molar-refractivity contribution in [3.05, 3.63) is 73.8 Å². The van der Waals surface area contributed by atoms with Gasteiger partial charge in [0.2, 0.25) is 0 Å². The maximum absolute atomic E-state index is 4.42. The molecule has 8 nitrogen and oxygen atoms in total. The van der Waals surface area contributed by atoms with Crippen molar-refractivity contribution in [3.8, 4) is 0 Å². The van der Waals surface area contributed by atoms with Crippen LogP contribution in [-0.2, 0) is 20.1 Å². The molecule has 4 rings (SSSR count). The average Bonchev–Trinajstić information content (AvgIpc) is 3.32. The Balaban J connectivity index is 0.00000144. The summed E-state index contributed by atoms with van der Waals surface area (Å²) in [6.07, 6.45) is 14.4. The normalized spacial score (nSPS) is 11.3. The van der Waals surface area contributed by atoms with Gasteiger partial charge in [0.25, 0.3) is 0 Å². The summed E-state index contributed by atoms with van der Waals surface area (Å²) in [5.74, 6) is 0. The summed E-state index contributed by atoms with van der Waals surface area (Å²) >= 11 is 0. The van der Waals surface area contributed by atoms with Crippen LogP contribution in [0.25, 0.3) is 0 Å². The Labute approximate surface area is 139 Å². The zero-order valence-corrected chi connectivity index (χ0v) is 13.8. The van der Waals surface area contributed by atoms with Crippen molar-refractivity contribution < 1.29 is 20.1 Å². The van der Waals surface area contributed by atoms with E-state index in [0.717, 1.165) is 0 Å². The summed E-state index contributed by atoms with van der Waals surface area (Å²) in [4.78, 5) is 0. The zero-order valence-electron chi connectivity index (χ0n) is 11.4. The van der Waals surface area contributed by atoms with Crippen LogP contribution in [0.4, 0.5) is 0 Å². The monoisotopic (exact) mass is 472 g/mol. The van der Waals surface area contributed by atoms with Gasteiger partial charge in [-0.1, -0.05) is 0 Å². The molecule has 0 aliphatic heterocycles. The molecule has 112 valence electrons. The molecule has 0 aliphatic rings. The van der Waals surface area contributed by atoms with Crippen LogP contribution in [0.3, 0.4) is 0 Å². The summed E-state index contributed by atoms with van der Waals surface area (Å²) in [5.41, 5.74) is 0. The Morgan fingerprint density at radius 2 is 0.773 bits per heavy atom. The minimum absolute atomic E-state index is 0. The van der Waals surface area contributed by atoms with Crippen molar-refractivity contribution in [2.45, 2.75) is 0 Å². The molecule has 4 aromatic rings. The van der Waals surface area contributed by atoms with Crippen LogP contribution < -0.4 is 0 Å². The van der Waals surface area contributed by atoms with E-state index in [1.807, 2.05) is 67.4 Å². The van der Waals surface area contributed by atoms with E-state index in [1.165, 1.54) is 0 Å². The van der Waals surface area contributed by atoms with Crippen molar-refractivity contribution >= 4 is 6.69 Å². The van der Waals surface area contributed by atoms with Gasteiger partial charge in [0.05, 0.1) is 0 Å². The van der Waals surface area contributed by atoms with Gasteiger partial charge in [-0.2, -0.15) is 0 Å². The van der Waals surface area contributed by atoms with Crippen LogP contribution in [0.2, 0.25) is 0 Å². The van der Waals surface area contributed by atoms with Gasteiger partial charge < -0.3 is 18.4 Å². The van der Waals surface area contributed by atoms with Gasteiger partial charge in [0, 0.05) is 24.8 Å². The van der Waals surface area contributed by atoms with E-state index >= 15 is 0 Å². The Morgan fingerprint density at radius 1 is 0.500 bits per heavy atom. The van der Waals surface area contributed by atoms with E-state index in [4.69, 9.17) is 0 Å². The van der Waals surface area contributed by atoms with E-state index in [1.54, 1.807) is 24.8 Å². The van der Waals surface area contributed by atoms with Crippen LogP contribution in [0.5, 0.6) is 0 Å². The molecule has 22 heavy (non-hydrogen) atoms. The maximum atomic E-state index is 4.42. The molecule has 0 N–H and O–H groups in total. The molecule has 0 aliphatic carbocycles. The summed E-state index contributed by atoms with van der Waals surface area (Å²) < 4.78 is 7.25. The second-order valence-corrected chi connectivity index (χ2v) is 4.64. The zero-order chi connectivity index (χ0) is 14.1. The minimum atomic E-state index is -1.83. The molecule has 0 atom stereocenters. The van der Waals surface area contributed by atoms with E-state index in [-0.39, 0.29) is 20.1 Å². The van der Waals surface area contributed by atoms with Gasteiger partial charge in [0.15, 0.2) is 0 Å². The van der Waals surface area contributed by atoms with Gasteiger partial charge in [-0.25, -0.2) is 20.4 Å². The molecule has 4 heterocycles. The molecule has 0 radical (unpaired) electrons. The summed E-state index contributed by atoms with van der Waals surface area (Å²) in [6, 6.07) is 7.47. The quantitative estimate of drug-likeness (QED) is 0.404. The summed E-state index contributed by atoms with van der Waals surface area (Å²) in [7, 11) is 0. The second kappa shape index (κ2) is 5.74. The van der Waals surface area contributed by atoms with Gasteiger partial charge in [-0.05, 0) is 49.1 Å². The van der Waals surface area contributed by atoms with Crippen molar-refractivity contribution in [1.82, 2.24) is 38.8 Å². The Hall–Kier alpha value is -2.45. The fraction of sp³-hybridized carbons (Fsp3) is 0. The SMILES string of the molecule is [Ir+].c1cnn([B-](n2cccn2)(n2cccn2)n2cccn2)c1. The first-order chi connectivity index (χ1) is 10.4. The standard InChI is InChI=1S/C12H12BN8.Ir/c1-5-14-18(9-1)13(19-10-2-6-15-19,20-11-3-7-16-20)21-12-4-8-17-21;/h1-12H;/q-1;+1. The van der Waals surface area contributed by atoms with Crippen molar-refractivity contribution in [3.63, 3.8) is 0 Å². The van der Waals surface area contributed by atoms with Gasteiger partial charge in [-0.3, -0.25) is 0 Å². The van der Waals surface area contributed by atoms with Crippen molar-refractivity contribution in [2.24, 2.45) is 0 Å². The Morgan fingerprint density at radius 3 is 0.955 bits per heavy atom. The van der Waals surface area contributed by atoms with Crippen LogP contribution >= 0.6 is 0 Å². The molecule has 10 heteroatoms. The maximum Gasteiger partial charge on any atom is 1.00 e. The Kier molecular flexibility index (Phi) is 3.78. The van der Waals surface area contributed by atoms with E-state index < -0.39 is 6.69 Å². The first-order valence-electron chi connectivity index (χ1n) is 6.57. The second-order valence-electron chi connectivity index (χ2n) is 4.64. The molecule has 4 aromatic heterocycles. The van der Waals surface area contributed by atoms with Gasteiger partial charge in [0.1, 0.15) is 0 Å². The fourth-order valence-corrected chi connectivity index (χ4v) is 2.67. The number of hydrogen-bond acceptors (Lipinski definition) is 4. The van der Waals surface area contributed by atoms with Crippen LogP contribution in [0, 0.1) is 0 Å². The van der Waals surface area contributed by atoms with Gasteiger partial charge >= 0.3 is 26.8 Å². The molecule has 0 saturated heterocycles. The molecular weight excluding hydrogens is 459 g/mol. The summed E-state index contributed by atoms with van der Waals surface area (Å²) in [5, 5.41) is 17.7. The third-order valence-corrected chi connectivity index (χ3v) is 3.52. The molecular formula is C12H12BIrN8. The number of rotatable bonds is 4. The van der Waals surface area contributed by atoms with E-state index in [9.17, 15) is 0 Å². The van der Waals surface area contributed by atoms with E-state index in [0.29, 0.717) is 0 Å². The van der Waals surface area contributed by atoms with Gasteiger partial charge in [-0.15, -0.1) is 0 Å². The van der Waals surface area contributed by atoms with E-state index in [2.05, 4.69) is 20.4 Å². The molecule has 0 bridgehead atoms. The Bertz CT molecular complexity index is 649. The van der Waals surface area contributed by atoms with Crippen molar-refractivity contribution in [2.75, 3.05) is 0 Å². The smallest absolute Gasteiger partial charge is 0.379 e. The predicted octanol–water partition coefficient (Wildman–Crippen LogP) is 0.399. The molecule has 0 fully saturated rings. The molecule has 0 unspecified atom stereocenters. The third-order valence-electron chi connectivity index (χ3n) is 3.52. The predicted molar refractivity (Wildman–Crippen MR) is 76.3 cm³/mol. The van der Waals surface area contributed by atoms with Crippen molar-refractivity contribution in [1.29, 1.82) is 0 Å². The molecule has 0 aromatic carbocycles. The molecule has 0 spiro atoms. The minimum Gasteiger partial charge on any atom is -0.379 e. The fourth-order valence-electron chi connectivity index (χ4n) is 2.67. The topological polar surface area (TPSA) is 71.3 Å². The number of aromatic nitrogens is 8. The van der Waals surface area contributed by atoms with Crippen LogP contribution in [0.15, 0.2) is 73.8 Å². The molecule has 0 amide bonds. The third kappa shape index (κ3) is 1.96. The largest absolute Gasteiger partial charge is 1.00 e. The summed E-state index contributed by atoms with van der Waals surface area (Å²) in [6.45, 7) is -1.83. The molecule has 0 saturated carbocycles. The first-order valence-corrected chi connectivity index (χ1v) is 6.57. The van der Waals surface area contributed by atoms with Crippen LogP contribution in [0.1, 0.15) is 0 Å². The average molecular weight is 471 g/mol.